The Morgan fingerprint density at radius 2 is 0.983 bits per heavy atom. The van der Waals surface area contributed by atoms with E-state index in [2.05, 4.69) is 13.8 Å². The van der Waals surface area contributed by atoms with Gasteiger partial charge in [-0.2, -0.15) is 16.8 Å². The Bertz CT molecular complexity index is 2060. The summed E-state index contributed by atoms with van der Waals surface area (Å²) >= 11 is 0. The van der Waals surface area contributed by atoms with Crippen LogP contribution in [0.1, 0.15) is 194 Å². The first-order chi connectivity index (χ1) is 29.1. The molecule has 4 aromatic rings. The zero-order chi connectivity index (χ0) is 43.1. The highest BCUT2D eigenvalue weighted by atomic mass is 32.2. The summed E-state index contributed by atoms with van der Waals surface area (Å²) in [6.07, 6.45) is 34.7. The standard InChI is InChI=1S/C49H76N2O7S2/c1-3-5-7-9-11-13-15-17-19-21-23-25-27-31-37-51-46-36-35-41(59(52,53)54)39-45(46)50-49(51)44-40-47(60(55,56)57)42-33-29-30-34-43(42)48(44)58-38-32-28-26-24-22-20-18-16-14-12-10-8-6-4-2/h29-30,33-36,39-40H,3-28,31-32,37-38H2,1-2H3,(H,52,53,54)(H,55,56,57). The van der Waals surface area contributed by atoms with Crippen molar-refractivity contribution < 1.29 is 30.7 Å². The van der Waals surface area contributed by atoms with Crippen molar-refractivity contribution in [2.45, 2.75) is 210 Å². The molecule has 0 aliphatic heterocycles. The number of aryl methyl sites for hydroxylation is 1. The topological polar surface area (TPSA) is 136 Å². The quantitative estimate of drug-likeness (QED) is 0.0350. The zero-order valence-corrected chi connectivity index (χ0v) is 38.6. The summed E-state index contributed by atoms with van der Waals surface area (Å²) < 4.78 is 78.9. The van der Waals surface area contributed by atoms with E-state index in [0.717, 1.165) is 38.5 Å². The van der Waals surface area contributed by atoms with Crippen LogP contribution in [0.3, 0.4) is 0 Å². The van der Waals surface area contributed by atoms with Gasteiger partial charge in [0.15, 0.2) is 0 Å². The molecule has 4 rings (SSSR count). The zero-order valence-electron chi connectivity index (χ0n) is 37.0. The van der Waals surface area contributed by atoms with Gasteiger partial charge < -0.3 is 9.30 Å². The smallest absolute Gasteiger partial charge is 0.295 e. The first kappa shape index (κ1) is 49.7. The van der Waals surface area contributed by atoms with Crippen molar-refractivity contribution in [3.05, 3.63) is 48.5 Å². The Morgan fingerprint density at radius 1 is 0.533 bits per heavy atom. The van der Waals surface area contributed by atoms with Crippen molar-refractivity contribution in [1.29, 1.82) is 0 Å². The van der Waals surface area contributed by atoms with Crippen LogP contribution in [0.5, 0.6) is 5.75 Å². The molecule has 0 spiro atoms. The first-order valence-electron chi connectivity index (χ1n) is 23.7. The summed E-state index contributed by atoms with van der Waals surface area (Å²) in [5, 5.41) is 0.893. The van der Waals surface area contributed by atoms with E-state index in [1.54, 1.807) is 24.3 Å². The number of benzene rings is 3. The van der Waals surface area contributed by atoms with Crippen molar-refractivity contribution in [3.8, 4) is 17.1 Å². The lowest BCUT2D eigenvalue weighted by Crippen LogP contribution is -2.07. The van der Waals surface area contributed by atoms with Crippen LogP contribution in [0.25, 0.3) is 33.2 Å². The molecule has 0 bridgehead atoms. The predicted octanol–water partition coefficient (Wildman–Crippen LogP) is 14.7. The second-order valence-corrected chi connectivity index (χ2v) is 19.8. The molecule has 1 aromatic heterocycles. The average Bonchev–Trinajstić information content (AvgIpc) is 3.59. The molecule has 0 amide bonds. The molecule has 0 radical (unpaired) electrons. The lowest BCUT2D eigenvalue weighted by Gasteiger charge is -2.18. The molecule has 60 heavy (non-hydrogen) atoms. The van der Waals surface area contributed by atoms with E-state index in [0.29, 0.717) is 52.1 Å². The van der Waals surface area contributed by atoms with E-state index < -0.39 is 20.2 Å². The Labute approximate surface area is 363 Å². The van der Waals surface area contributed by atoms with Crippen LogP contribution in [-0.2, 0) is 26.8 Å². The second kappa shape index (κ2) is 27.2. The van der Waals surface area contributed by atoms with E-state index >= 15 is 0 Å². The predicted molar refractivity (Wildman–Crippen MR) is 248 cm³/mol. The number of fused-ring (bicyclic) bond motifs is 2. The lowest BCUT2D eigenvalue weighted by molar-refractivity contribution is 0.308. The molecule has 336 valence electrons. The molecular weight excluding hydrogens is 793 g/mol. The molecule has 0 aliphatic rings. The third-order valence-corrected chi connectivity index (χ3v) is 13.7. The van der Waals surface area contributed by atoms with Gasteiger partial charge in [-0.3, -0.25) is 9.11 Å². The van der Waals surface area contributed by atoms with Gasteiger partial charge in [0.2, 0.25) is 0 Å². The summed E-state index contributed by atoms with van der Waals surface area (Å²) in [5.41, 5.74) is 1.42. The van der Waals surface area contributed by atoms with Gasteiger partial charge in [-0.05, 0) is 37.1 Å². The highest BCUT2D eigenvalue weighted by molar-refractivity contribution is 7.86. The van der Waals surface area contributed by atoms with Crippen LogP contribution in [-0.4, -0.2) is 42.1 Å². The summed E-state index contributed by atoms with van der Waals surface area (Å²) in [6.45, 7) is 5.49. The van der Waals surface area contributed by atoms with Crippen molar-refractivity contribution >= 4 is 42.0 Å². The van der Waals surface area contributed by atoms with Crippen LogP contribution in [0.4, 0.5) is 0 Å². The second-order valence-electron chi connectivity index (χ2n) is 17.0. The highest BCUT2D eigenvalue weighted by Gasteiger charge is 2.25. The number of unbranched alkanes of at least 4 members (excludes halogenated alkanes) is 26. The van der Waals surface area contributed by atoms with Crippen molar-refractivity contribution in [3.63, 3.8) is 0 Å². The normalized spacial score (nSPS) is 12.3. The number of nitrogens with zero attached hydrogens (tertiary/aromatic N) is 2. The highest BCUT2D eigenvalue weighted by Crippen LogP contribution is 2.42. The third kappa shape index (κ3) is 16.7. The molecule has 0 atom stereocenters. The van der Waals surface area contributed by atoms with Crippen molar-refractivity contribution in [1.82, 2.24) is 9.55 Å². The minimum absolute atomic E-state index is 0.245. The molecule has 11 heteroatoms. The van der Waals surface area contributed by atoms with Gasteiger partial charge in [-0.1, -0.05) is 205 Å². The maximum atomic E-state index is 12.9. The number of hydrogen-bond donors (Lipinski definition) is 2. The molecule has 1 heterocycles. The summed E-state index contributed by atoms with van der Waals surface area (Å²) in [4.78, 5) is 4.37. The molecule has 2 N–H and O–H groups in total. The van der Waals surface area contributed by atoms with Crippen molar-refractivity contribution in [2.24, 2.45) is 0 Å². The number of aromatic nitrogens is 2. The fraction of sp³-hybridized carbons (Fsp3) is 0.653. The van der Waals surface area contributed by atoms with Crippen LogP contribution < -0.4 is 4.74 Å². The van der Waals surface area contributed by atoms with E-state index in [9.17, 15) is 25.9 Å². The van der Waals surface area contributed by atoms with Gasteiger partial charge in [0, 0.05) is 17.3 Å². The van der Waals surface area contributed by atoms with Crippen LogP contribution in [0.2, 0.25) is 0 Å². The number of rotatable bonds is 34. The maximum Gasteiger partial charge on any atom is 0.295 e. The molecule has 3 aromatic carbocycles. The maximum absolute atomic E-state index is 12.9. The average molecular weight is 869 g/mol. The molecule has 0 unspecified atom stereocenters. The van der Waals surface area contributed by atoms with E-state index in [4.69, 9.17) is 9.72 Å². The van der Waals surface area contributed by atoms with Gasteiger partial charge >= 0.3 is 0 Å². The molecule has 0 saturated heterocycles. The fourth-order valence-corrected chi connectivity index (χ4v) is 9.71. The number of imidazole rings is 1. The Balaban J connectivity index is 1.44. The van der Waals surface area contributed by atoms with Crippen LogP contribution >= 0.6 is 0 Å². The summed E-state index contributed by atoms with van der Waals surface area (Å²) in [7, 11) is -9.13. The lowest BCUT2D eigenvalue weighted by atomic mass is 10.0. The minimum Gasteiger partial charge on any atom is -0.492 e. The molecular formula is C49H76N2O7S2. The van der Waals surface area contributed by atoms with Gasteiger partial charge in [0.25, 0.3) is 20.2 Å². The third-order valence-electron chi connectivity index (χ3n) is 12.0. The van der Waals surface area contributed by atoms with E-state index in [-0.39, 0.29) is 9.79 Å². The van der Waals surface area contributed by atoms with E-state index in [1.165, 1.54) is 159 Å². The Kier molecular flexibility index (Phi) is 22.5. The first-order valence-corrected chi connectivity index (χ1v) is 26.6. The molecule has 0 aliphatic carbocycles. The van der Waals surface area contributed by atoms with Gasteiger partial charge in [0.05, 0.1) is 28.1 Å². The largest absolute Gasteiger partial charge is 0.492 e. The molecule has 0 fully saturated rings. The number of ether oxygens (including phenoxy) is 1. The molecule has 0 saturated carbocycles. The monoisotopic (exact) mass is 869 g/mol. The number of hydrogen-bond acceptors (Lipinski definition) is 6. The van der Waals surface area contributed by atoms with Crippen molar-refractivity contribution in [2.75, 3.05) is 6.61 Å². The molecule has 9 nitrogen and oxygen atoms in total. The summed E-state index contributed by atoms with van der Waals surface area (Å²) in [6, 6.07) is 12.8. The van der Waals surface area contributed by atoms with Gasteiger partial charge in [0.1, 0.15) is 16.5 Å². The Morgan fingerprint density at radius 3 is 1.45 bits per heavy atom. The van der Waals surface area contributed by atoms with Gasteiger partial charge in [-0.25, -0.2) is 4.98 Å². The van der Waals surface area contributed by atoms with Crippen LogP contribution in [0, 0.1) is 0 Å². The van der Waals surface area contributed by atoms with Crippen LogP contribution in [0.15, 0.2) is 58.3 Å². The SMILES string of the molecule is CCCCCCCCCCCCCCCCOc1c(-c2nc3cc(S(=O)(=O)O)ccc3n2CCCCCCCCCCCCCCCC)cc(S(=O)(=O)O)c2ccccc12. The van der Waals surface area contributed by atoms with E-state index in [1.807, 2.05) is 10.6 Å². The minimum atomic E-state index is -4.64. The Hall–Kier alpha value is -2.99. The fourth-order valence-electron chi connectivity index (χ4n) is 8.49. The van der Waals surface area contributed by atoms with Gasteiger partial charge in [-0.15, -0.1) is 0 Å². The summed E-state index contributed by atoms with van der Waals surface area (Å²) in [5.74, 6) is 0.888.